The zero-order valence-electron chi connectivity index (χ0n) is 59.0. The van der Waals surface area contributed by atoms with Crippen LogP contribution in [0.1, 0.15) is 151 Å². The van der Waals surface area contributed by atoms with Crippen LogP contribution in [0.3, 0.4) is 0 Å². The van der Waals surface area contributed by atoms with E-state index in [4.69, 9.17) is 27.4 Å². The summed E-state index contributed by atoms with van der Waals surface area (Å²) >= 11 is 0.374. The molecule has 0 saturated carbocycles. The number of imidazole rings is 3. The molecule has 0 radical (unpaired) electrons. The molecule has 6 aromatic heterocycles. The van der Waals surface area contributed by atoms with Crippen LogP contribution in [-0.2, 0) is 9.47 Å². The van der Waals surface area contributed by atoms with Gasteiger partial charge in [-0.1, -0.05) is 0 Å². The van der Waals surface area contributed by atoms with E-state index in [0.717, 1.165) is 65.6 Å². The summed E-state index contributed by atoms with van der Waals surface area (Å²) in [6, 6.07) is 37.7. The van der Waals surface area contributed by atoms with Crippen LogP contribution in [0.15, 0.2) is 170 Å². The van der Waals surface area contributed by atoms with Crippen molar-refractivity contribution < 1.29 is 59.4 Å². The Labute approximate surface area is 595 Å². The van der Waals surface area contributed by atoms with Crippen molar-refractivity contribution in [2.45, 2.75) is 132 Å². The molecule has 1 amide bonds. The maximum absolute atomic E-state index is 13.6. The number of likely N-dealkylation sites (N-methyl/N-ethyl adjacent to an activating group) is 1. The number of benzene rings is 4. The molecule has 11 rings (SSSR count). The molecule has 4 aromatic carbocycles. The number of esters is 2. The number of unbranched alkanes of at least 4 members (excludes halogenated alkanes) is 3. The first-order chi connectivity index (χ1) is 48.1. The number of rotatable bonds is 23. The first-order valence-corrected chi connectivity index (χ1v) is 42.0. The van der Waals surface area contributed by atoms with E-state index < -0.39 is 30.3 Å². The number of hydrogen-bond donors (Lipinski definition) is 1. The van der Waals surface area contributed by atoms with Gasteiger partial charge in [-0.05, 0) is 160 Å². The number of piperazine rings is 1. The van der Waals surface area contributed by atoms with Crippen LogP contribution >= 0.6 is 15.9 Å². The van der Waals surface area contributed by atoms with E-state index in [1.54, 1.807) is 83.1 Å². The fourth-order valence-electron chi connectivity index (χ4n) is 11.8. The molecular weight excluding hydrogens is 1460 g/mol. The normalized spacial score (nSPS) is 12.2. The molecule has 1 N–H and O–H groups in total. The summed E-state index contributed by atoms with van der Waals surface area (Å²) in [4.78, 5) is 53.9. The Kier molecular flexibility index (Phi) is 30.2. The van der Waals surface area contributed by atoms with E-state index in [1.807, 2.05) is 73.2 Å². The SMILES string of the molecule is CC(C)n1cnc(-c2ccc(F)cc2)c1-c1ccc(C(=O)Nc2ccc(N3CCN(C)CC3)cc2)o1.CCC[CH2][Sn]([CH2]CCC)([CH2]CCC)[c]1c(-c2ccc(F)cc2)ncn1C(C)C.COC(=O)c1ccc(-c2c(-c3ccc(F)cc3)ncn2C(C)C)o1.COC(=O)c1ccc(Br)o1.FF. The molecule has 100 heavy (non-hydrogen) atoms. The minimum atomic E-state index is -2.68. The van der Waals surface area contributed by atoms with Crippen molar-refractivity contribution in [2.75, 3.05) is 57.7 Å². The summed E-state index contributed by atoms with van der Waals surface area (Å²) in [6.07, 6.45) is 13.3. The molecule has 1 aliphatic heterocycles. The molecule has 7 heterocycles. The molecule has 534 valence electrons. The minimum absolute atomic E-state index is 0.114. The van der Waals surface area contributed by atoms with Gasteiger partial charge in [-0.15, -0.1) is 0 Å². The number of methoxy groups -OCH3 is 2. The van der Waals surface area contributed by atoms with Gasteiger partial charge in [-0.2, -0.15) is 0 Å². The van der Waals surface area contributed by atoms with Crippen LogP contribution in [0.5, 0.6) is 0 Å². The Morgan fingerprint density at radius 1 is 0.510 bits per heavy atom. The fraction of sp³-hybridized carbons (Fsp3) is 0.368. The van der Waals surface area contributed by atoms with E-state index in [2.05, 4.69) is 103 Å². The number of ether oxygens (including phenoxy) is 2. The summed E-state index contributed by atoms with van der Waals surface area (Å²) < 4.78 is 94.6. The molecule has 1 saturated heterocycles. The van der Waals surface area contributed by atoms with Gasteiger partial charge in [0.25, 0.3) is 5.91 Å². The molecule has 24 heteroatoms. The third-order valence-electron chi connectivity index (χ3n) is 17.2. The van der Waals surface area contributed by atoms with Gasteiger partial charge < -0.3 is 47.0 Å². The molecular formula is C76H91BrF5N9O8Sn. The molecule has 0 unspecified atom stereocenters. The van der Waals surface area contributed by atoms with E-state index in [0.29, 0.717) is 39.3 Å². The van der Waals surface area contributed by atoms with Crippen LogP contribution < -0.4 is 13.9 Å². The van der Waals surface area contributed by atoms with Gasteiger partial charge in [0.15, 0.2) is 22.0 Å². The van der Waals surface area contributed by atoms with E-state index in [1.165, 1.54) is 96.4 Å². The van der Waals surface area contributed by atoms with Gasteiger partial charge in [0.05, 0.1) is 38.3 Å². The first kappa shape index (κ1) is 78.8. The van der Waals surface area contributed by atoms with E-state index in [9.17, 15) is 27.6 Å². The van der Waals surface area contributed by atoms with Gasteiger partial charge in [-0.25, -0.2) is 28.3 Å². The monoisotopic (exact) mass is 1550 g/mol. The van der Waals surface area contributed by atoms with Gasteiger partial charge >= 0.3 is 188 Å². The summed E-state index contributed by atoms with van der Waals surface area (Å²) in [5, 5.41) is 2.92. The summed E-state index contributed by atoms with van der Waals surface area (Å²) in [5.74, 6) is -0.577. The second kappa shape index (κ2) is 38.3. The third-order valence-corrected chi connectivity index (χ3v) is 33.1. The number of hydrogen-bond acceptors (Lipinski definition) is 13. The number of carbonyl (C=O) groups is 3. The number of halogens is 6. The van der Waals surface area contributed by atoms with Crippen molar-refractivity contribution in [3.8, 4) is 56.7 Å². The number of carbonyl (C=O) groups excluding carboxylic acids is 3. The third kappa shape index (κ3) is 20.6. The molecule has 0 aliphatic carbocycles. The van der Waals surface area contributed by atoms with Crippen molar-refractivity contribution in [3.05, 3.63) is 192 Å². The standard InChI is InChI=1S/C28H30FN5O2.C18H17FN2O3.C12H12FN2.C6H5BrO3.3C4H9.F2.Sn/c1-19(2)34-18-30-26(20-4-6-21(29)7-5-20)27(34)24-12-13-25(36-24)28(35)31-22-8-10-23(11-9-22)33-16-14-32(3)15-17-33;1-11(2)21-10-20-16(12-4-6-13(19)7-5-12)17(21)14-8-9-15(24-14)18(22)23-3;1-9(2)15-7-12(14-8-15)10-3-5-11(13)6-4-10;1-9-6(8)4-2-3-5(7)10-4;3*1-3-4-2;1-2;/h4-13,18-19H,14-17H2,1-3H3,(H,31,35);4-11H,1-3H3;3-6,8-9H,1-2H3;2-3H,1H3;3*1,3-4H2,2H3;;. The summed E-state index contributed by atoms with van der Waals surface area (Å²) in [5.41, 5.74) is 8.43. The Hall–Kier alpha value is -8.55. The van der Waals surface area contributed by atoms with Gasteiger partial charge in [0, 0.05) is 69.9 Å². The molecule has 17 nitrogen and oxygen atoms in total. The van der Waals surface area contributed by atoms with Crippen molar-refractivity contribution >= 4 is 67.2 Å². The average Bonchev–Trinajstić information content (AvgIpc) is 1.73. The number of nitrogens with one attached hydrogen (secondary N) is 1. The number of furan rings is 3. The predicted octanol–water partition coefficient (Wildman–Crippen LogP) is 19.8. The molecule has 1 fully saturated rings. The smallest absolute Gasteiger partial charge is 0.373 e. The Morgan fingerprint density at radius 2 is 0.890 bits per heavy atom. The molecule has 1 aliphatic rings. The number of aromatic nitrogens is 6. The number of anilines is 2. The van der Waals surface area contributed by atoms with E-state index >= 15 is 0 Å². The van der Waals surface area contributed by atoms with Crippen molar-refractivity contribution in [3.63, 3.8) is 0 Å². The van der Waals surface area contributed by atoms with Crippen molar-refractivity contribution in [2.24, 2.45) is 0 Å². The molecule has 0 bridgehead atoms. The predicted molar refractivity (Wildman–Crippen MR) is 389 cm³/mol. The van der Waals surface area contributed by atoms with Crippen LogP contribution in [0.2, 0.25) is 13.3 Å². The van der Waals surface area contributed by atoms with Gasteiger partial charge in [0.2, 0.25) is 11.5 Å². The molecule has 10 aromatic rings. The van der Waals surface area contributed by atoms with Crippen LogP contribution in [0, 0.1) is 17.5 Å². The largest absolute Gasteiger partial charge is 0.463 e. The number of nitrogens with zero attached hydrogens (tertiary/aromatic N) is 8. The van der Waals surface area contributed by atoms with Crippen LogP contribution in [0.4, 0.5) is 33.7 Å². The van der Waals surface area contributed by atoms with Crippen molar-refractivity contribution in [1.82, 2.24) is 33.6 Å². The maximum Gasteiger partial charge on any atom is 0.373 e. The van der Waals surface area contributed by atoms with Gasteiger partial charge in [0.1, 0.15) is 23.0 Å². The maximum atomic E-state index is 13.6. The quantitative estimate of drug-likeness (QED) is 0.0363. The second-order valence-corrected chi connectivity index (χ2v) is 38.9. The zero-order chi connectivity index (χ0) is 72.6. The Balaban J connectivity index is 0.000000198. The first-order valence-electron chi connectivity index (χ1n) is 33.7. The number of amides is 1. The zero-order valence-corrected chi connectivity index (χ0v) is 63.4. The van der Waals surface area contributed by atoms with Gasteiger partial charge in [-0.3, -0.25) is 4.79 Å². The van der Waals surface area contributed by atoms with Crippen LogP contribution in [-0.4, -0.2) is 117 Å². The summed E-state index contributed by atoms with van der Waals surface area (Å²) in [7, 11) is 4.74. The average molecular weight is 1550 g/mol. The second-order valence-electron chi connectivity index (χ2n) is 25.1. The topological polar surface area (TPSA) is 181 Å². The molecule has 0 atom stereocenters. The minimum Gasteiger partial charge on any atom is -0.463 e. The fourth-order valence-corrected chi connectivity index (χ4v) is 29.6. The van der Waals surface area contributed by atoms with Crippen LogP contribution in [0.25, 0.3) is 56.7 Å². The Morgan fingerprint density at radius 3 is 1.29 bits per heavy atom. The van der Waals surface area contributed by atoms with Crippen molar-refractivity contribution in [1.29, 1.82) is 0 Å². The Bertz CT molecular complexity index is 4130. The van der Waals surface area contributed by atoms with E-state index in [-0.39, 0.29) is 52.7 Å². The summed E-state index contributed by atoms with van der Waals surface area (Å²) in [6.45, 7) is 23.7. The molecule has 0 spiro atoms.